The smallest absolute Gasteiger partial charge is 0.234 e. The van der Waals surface area contributed by atoms with Crippen LogP contribution in [-0.2, 0) is 11.2 Å². The van der Waals surface area contributed by atoms with Gasteiger partial charge in [0.05, 0.1) is 5.92 Å². The Hall–Kier alpha value is -2.16. The predicted molar refractivity (Wildman–Crippen MR) is 72.7 cm³/mol. The van der Waals surface area contributed by atoms with Gasteiger partial charge in [0, 0.05) is 12.7 Å². The molecule has 1 atom stereocenters. The number of fused-ring (bicyclic) bond motifs is 1. The third-order valence-electron chi connectivity index (χ3n) is 3.68. The van der Waals surface area contributed by atoms with Gasteiger partial charge in [-0.2, -0.15) is 0 Å². The Morgan fingerprint density at radius 3 is 2.58 bits per heavy atom. The zero-order valence-corrected chi connectivity index (χ0v) is 10.6. The van der Waals surface area contributed by atoms with Gasteiger partial charge in [-0.3, -0.25) is 4.79 Å². The van der Waals surface area contributed by atoms with Gasteiger partial charge in [0.15, 0.2) is 0 Å². The number of rotatable bonds is 2. The van der Waals surface area contributed by atoms with Crippen molar-refractivity contribution in [2.45, 2.75) is 12.3 Å². The van der Waals surface area contributed by atoms with Crippen LogP contribution in [0.2, 0.25) is 0 Å². The van der Waals surface area contributed by atoms with Crippen LogP contribution in [0.5, 0.6) is 0 Å². The number of para-hydroxylation sites is 1. The maximum absolute atomic E-state index is 13.7. The van der Waals surface area contributed by atoms with Crippen LogP contribution in [0.1, 0.15) is 17.0 Å². The van der Waals surface area contributed by atoms with Crippen LogP contribution in [0, 0.1) is 5.82 Å². The third kappa shape index (κ3) is 1.91. The van der Waals surface area contributed by atoms with E-state index in [9.17, 15) is 9.18 Å². The lowest BCUT2D eigenvalue weighted by Crippen LogP contribution is -2.25. The number of anilines is 1. The highest BCUT2D eigenvalue weighted by molar-refractivity contribution is 6.04. The maximum atomic E-state index is 13.7. The molecule has 1 aliphatic rings. The summed E-state index contributed by atoms with van der Waals surface area (Å²) in [4.78, 5) is 13.9. The summed E-state index contributed by atoms with van der Waals surface area (Å²) in [5, 5.41) is 0. The summed E-state index contributed by atoms with van der Waals surface area (Å²) in [6.45, 7) is 0. The average molecular weight is 255 g/mol. The highest BCUT2D eigenvalue weighted by Gasteiger charge is 2.34. The zero-order valence-electron chi connectivity index (χ0n) is 10.6. The minimum atomic E-state index is -0.280. The monoisotopic (exact) mass is 255 g/mol. The van der Waals surface area contributed by atoms with E-state index in [2.05, 4.69) is 0 Å². The Balaban J connectivity index is 1.98. The fourth-order valence-electron chi connectivity index (χ4n) is 2.65. The van der Waals surface area contributed by atoms with Crippen molar-refractivity contribution >= 4 is 11.6 Å². The van der Waals surface area contributed by atoms with Gasteiger partial charge in [-0.15, -0.1) is 0 Å². The Labute approximate surface area is 111 Å². The molecule has 2 aromatic rings. The van der Waals surface area contributed by atoms with Crippen molar-refractivity contribution in [1.29, 1.82) is 0 Å². The largest absolute Gasteiger partial charge is 0.315 e. The van der Waals surface area contributed by atoms with Crippen molar-refractivity contribution in [3.05, 3.63) is 65.5 Å². The van der Waals surface area contributed by atoms with E-state index in [-0.39, 0.29) is 17.6 Å². The molecule has 3 heteroatoms. The fraction of sp³-hybridized carbons (Fsp3) is 0.188. The lowest BCUT2D eigenvalue weighted by Gasteiger charge is -2.11. The molecule has 0 aliphatic carbocycles. The van der Waals surface area contributed by atoms with Crippen molar-refractivity contribution in [3.63, 3.8) is 0 Å². The van der Waals surface area contributed by atoms with E-state index in [1.54, 1.807) is 30.1 Å². The first-order valence-electron chi connectivity index (χ1n) is 6.28. The molecule has 1 heterocycles. The molecule has 0 spiro atoms. The van der Waals surface area contributed by atoms with E-state index in [1.165, 1.54) is 6.07 Å². The van der Waals surface area contributed by atoms with Crippen LogP contribution in [0.3, 0.4) is 0 Å². The van der Waals surface area contributed by atoms with Crippen LogP contribution < -0.4 is 4.90 Å². The molecule has 0 radical (unpaired) electrons. The van der Waals surface area contributed by atoms with Crippen molar-refractivity contribution in [2.75, 3.05) is 11.9 Å². The van der Waals surface area contributed by atoms with Crippen LogP contribution in [0.25, 0.3) is 0 Å². The molecule has 0 saturated carbocycles. The first-order chi connectivity index (χ1) is 9.18. The Morgan fingerprint density at radius 2 is 1.79 bits per heavy atom. The second-order valence-electron chi connectivity index (χ2n) is 4.80. The number of carbonyl (C=O) groups is 1. The molecule has 1 amide bonds. The Bertz CT molecular complexity index is 638. The lowest BCUT2D eigenvalue weighted by atomic mass is 9.93. The number of benzene rings is 2. The number of hydrogen-bond acceptors (Lipinski definition) is 1. The molecule has 0 saturated heterocycles. The van der Waals surface area contributed by atoms with Crippen LogP contribution in [-0.4, -0.2) is 13.0 Å². The Morgan fingerprint density at radius 1 is 1.11 bits per heavy atom. The third-order valence-corrected chi connectivity index (χ3v) is 3.68. The number of likely N-dealkylation sites (N-methyl/N-ethyl adjacent to an activating group) is 1. The van der Waals surface area contributed by atoms with Gasteiger partial charge in [0.25, 0.3) is 0 Å². The quantitative estimate of drug-likeness (QED) is 0.807. The summed E-state index contributed by atoms with van der Waals surface area (Å²) >= 11 is 0. The first kappa shape index (κ1) is 11.9. The molecule has 0 aromatic heterocycles. The summed E-state index contributed by atoms with van der Waals surface area (Å²) in [6, 6.07) is 14.3. The fourth-order valence-corrected chi connectivity index (χ4v) is 2.65. The highest BCUT2D eigenvalue weighted by Crippen LogP contribution is 2.38. The molecule has 1 aliphatic heterocycles. The number of carbonyl (C=O) groups excluding carboxylic acids is 1. The minimum absolute atomic E-state index is 0.0319. The summed E-state index contributed by atoms with van der Waals surface area (Å²) < 4.78 is 13.7. The molecule has 96 valence electrons. The van der Waals surface area contributed by atoms with Gasteiger partial charge < -0.3 is 4.90 Å². The number of halogens is 1. The molecule has 0 N–H and O–H groups in total. The van der Waals surface area contributed by atoms with E-state index in [0.29, 0.717) is 12.0 Å². The van der Waals surface area contributed by atoms with Gasteiger partial charge >= 0.3 is 0 Å². The molecule has 2 aromatic carbocycles. The lowest BCUT2D eigenvalue weighted by molar-refractivity contribution is -0.119. The SMILES string of the molecule is CN1C(=O)[C@@H](Cc2ccccc2F)c2ccccc21. The Kier molecular flexibility index (Phi) is 2.82. The van der Waals surface area contributed by atoms with Crippen molar-refractivity contribution in [2.24, 2.45) is 0 Å². The van der Waals surface area contributed by atoms with Gasteiger partial charge in [-0.1, -0.05) is 36.4 Å². The molecule has 0 fully saturated rings. The van der Waals surface area contributed by atoms with Crippen molar-refractivity contribution in [3.8, 4) is 0 Å². The summed E-state index contributed by atoms with van der Waals surface area (Å²) in [6.07, 6.45) is 0.410. The second kappa shape index (κ2) is 4.50. The van der Waals surface area contributed by atoms with Crippen molar-refractivity contribution in [1.82, 2.24) is 0 Å². The van der Waals surface area contributed by atoms with Gasteiger partial charge in [0.1, 0.15) is 5.82 Å². The van der Waals surface area contributed by atoms with Gasteiger partial charge in [0.2, 0.25) is 5.91 Å². The van der Waals surface area contributed by atoms with Gasteiger partial charge in [-0.05, 0) is 29.7 Å². The summed E-state index contributed by atoms with van der Waals surface area (Å²) in [7, 11) is 1.77. The van der Waals surface area contributed by atoms with E-state index in [1.807, 2.05) is 24.3 Å². The number of nitrogens with zero attached hydrogens (tertiary/aromatic N) is 1. The average Bonchev–Trinajstić information content (AvgIpc) is 2.67. The van der Waals surface area contributed by atoms with Crippen molar-refractivity contribution < 1.29 is 9.18 Å². The van der Waals surface area contributed by atoms with Gasteiger partial charge in [-0.25, -0.2) is 4.39 Å². The molecule has 3 rings (SSSR count). The topological polar surface area (TPSA) is 20.3 Å². The molecule has 0 unspecified atom stereocenters. The van der Waals surface area contributed by atoms with E-state index in [4.69, 9.17) is 0 Å². The molecular formula is C16H14FNO. The van der Waals surface area contributed by atoms with E-state index >= 15 is 0 Å². The minimum Gasteiger partial charge on any atom is -0.315 e. The number of amides is 1. The number of hydrogen-bond donors (Lipinski definition) is 0. The van der Waals surface area contributed by atoms with E-state index < -0.39 is 0 Å². The molecule has 19 heavy (non-hydrogen) atoms. The first-order valence-corrected chi connectivity index (χ1v) is 6.28. The molecule has 2 nitrogen and oxygen atoms in total. The van der Waals surface area contributed by atoms with Crippen LogP contribution in [0.15, 0.2) is 48.5 Å². The summed E-state index contributed by atoms with van der Waals surface area (Å²) in [5.74, 6) is -0.495. The predicted octanol–water partition coefficient (Wildman–Crippen LogP) is 3.13. The standard InChI is InChI=1S/C16H14FNO/c1-18-15-9-5-3-7-12(15)13(16(18)19)10-11-6-2-4-8-14(11)17/h2-9,13H,10H2,1H3/t13-/m0/s1. The van der Waals surface area contributed by atoms with Crippen LogP contribution in [0.4, 0.5) is 10.1 Å². The second-order valence-corrected chi connectivity index (χ2v) is 4.80. The molecular weight excluding hydrogens is 241 g/mol. The van der Waals surface area contributed by atoms with E-state index in [0.717, 1.165) is 11.3 Å². The van der Waals surface area contributed by atoms with Crippen LogP contribution >= 0.6 is 0 Å². The normalized spacial score (nSPS) is 17.7. The summed E-state index contributed by atoms with van der Waals surface area (Å²) in [5.41, 5.74) is 2.50. The highest BCUT2D eigenvalue weighted by atomic mass is 19.1. The molecule has 0 bridgehead atoms. The maximum Gasteiger partial charge on any atom is 0.234 e. The zero-order chi connectivity index (χ0) is 13.4.